The number of aromatic amines is 1. The first-order valence-corrected chi connectivity index (χ1v) is 16.1. The number of benzene rings is 2. The van der Waals surface area contributed by atoms with Crippen molar-refractivity contribution in [3.63, 3.8) is 0 Å². The summed E-state index contributed by atoms with van der Waals surface area (Å²) < 4.78 is 16.8. The Morgan fingerprint density at radius 2 is 1.77 bits per heavy atom. The number of pyridine rings is 1. The number of rotatable bonds is 8. The van der Waals surface area contributed by atoms with Gasteiger partial charge < -0.3 is 29.4 Å². The zero-order chi connectivity index (χ0) is 30.8. The van der Waals surface area contributed by atoms with Gasteiger partial charge in [-0.25, -0.2) is 0 Å². The summed E-state index contributed by atoms with van der Waals surface area (Å²) in [6, 6.07) is 13.3. The normalized spacial score (nSPS) is 17.8. The largest absolute Gasteiger partial charge is 0.496 e. The van der Waals surface area contributed by atoms with E-state index in [1.807, 2.05) is 19.9 Å². The number of methoxy groups -OCH3 is 1. The van der Waals surface area contributed by atoms with Gasteiger partial charge in [-0.15, -0.1) is 0 Å². The van der Waals surface area contributed by atoms with Gasteiger partial charge in [0.25, 0.3) is 11.5 Å². The number of carbonyl (C=O) groups is 1. The Labute approximate surface area is 260 Å². The Morgan fingerprint density at radius 1 is 1.02 bits per heavy atom. The van der Waals surface area contributed by atoms with Crippen LogP contribution in [0.1, 0.15) is 77.3 Å². The van der Waals surface area contributed by atoms with Gasteiger partial charge >= 0.3 is 0 Å². The number of hydrogen-bond acceptors (Lipinski definition) is 6. The van der Waals surface area contributed by atoms with E-state index >= 15 is 0 Å². The molecule has 0 bridgehead atoms. The number of hydrogen-bond donors (Lipinski definition) is 2. The molecule has 3 aliphatic rings. The van der Waals surface area contributed by atoms with Gasteiger partial charge in [0.05, 0.1) is 19.2 Å². The number of fused-ring (bicyclic) bond motifs is 2. The quantitative estimate of drug-likeness (QED) is 0.350. The minimum Gasteiger partial charge on any atom is -0.496 e. The molecular formula is C36H45N3O5. The second-order valence-electron chi connectivity index (χ2n) is 12.6. The number of nitrogens with zero attached hydrogens (tertiary/aromatic N) is 1. The molecule has 3 aromatic rings. The fraction of sp³-hybridized carbons (Fsp3) is 0.500. The van der Waals surface area contributed by atoms with Crippen molar-refractivity contribution in [3.8, 4) is 16.9 Å². The molecule has 0 atom stereocenters. The first kappa shape index (κ1) is 30.4. The van der Waals surface area contributed by atoms with E-state index in [2.05, 4.69) is 46.4 Å². The molecule has 0 unspecified atom stereocenters. The summed E-state index contributed by atoms with van der Waals surface area (Å²) in [6.07, 6.45) is 6.34. The third-order valence-electron chi connectivity index (χ3n) is 10.1. The highest BCUT2D eigenvalue weighted by Crippen LogP contribution is 2.47. The summed E-state index contributed by atoms with van der Waals surface area (Å²) in [5.74, 6) is 0.257. The number of nitrogens with one attached hydrogen (secondary N) is 2. The van der Waals surface area contributed by atoms with Crippen LogP contribution in [-0.2, 0) is 27.9 Å². The highest BCUT2D eigenvalue weighted by atomic mass is 16.5. The minimum atomic E-state index is -0.259. The molecule has 8 nitrogen and oxygen atoms in total. The van der Waals surface area contributed by atoms with Crippen molar-refractivity contribution in [2.24, 2.45) is 0 Å². The van der Waals surface area contributed by atoms with Gasteiger partial charge in [-0.3, -0.25) is 9.59 Å². The van der Waals surface area contributed by atoms with Crippen LogP contribution in [0.4, 0.5) is 5.69 Å². The lowest BCUT2D eigenvalue weighted by Gasteiger charge is -2.37. The Balaban J connectivity index is 1.38. The van der Waals surface area contributed by atoms with E-state index in [-0.39, 0.29) is 23.4 Å². The van der Waals surface area contributed by atoms with Crippen LogP contribution in [0.2, 0.25) is 0 Å². The molecule has 6 rings (SSSR count). The van der Waals surface area contributed by atoms with Gasteiger partial charge in [0.15, 0.2) is 0 Å². The molecule has 0 radical (unpaired) electrons. The van der Waals surface area contributed by atoms with E-state index in [1.54, 1.807) is 6.07 Å². The van der Waals surface area contributed by atoms with E-state index in [4.69, 9.17) is 14.2 Å². The van der Waals surface area contributed by atoms with Crippen LogP contribution in [0.25, 0.3) is 11.1 Å². The molecule has 3 heterocycles. The maximum Gasteiger partial charge on any atom is 0.256 e. The SMILES string of the molecule is CCN(c1cc(-c2ccc3c(c2)CCC32CCOCC2)cc(C(=O)NCc2c(OC)cc(C)[nH]c2=O)c1C)C1CCOCC1. The van der Waals surface area contributed by atoms with Crippen LogP contribution in [-0.4, -0.2) is 57.0 Å². The summed E-state index contributed by atoms with van der Waals surface area (Å²) >= 11 is 0. The third-order valence-corrected chi connectivity index (χ3v) is 10.1. The molecule has 1 aliphatic carbocycles. The van der Waals surface area contributed by atoms with Gasteiger partial charge in [0.1, 0.15) is 5.75 Å². The number of aryl methyl sites for hydroxylation is 2. The topological polar surface area (TPSA) is 92.9 Å². The van der Waals surface area contributed by atoms with Crippen LogP contribution in [0.3, 0.4) is 0 Å². The average Bonchev–Trinajstić information content (AvgIpc) is 3.38. The summed E-state index contributed by atoms with van der Waals surface area (Å²) in [6.45, 7) is 10.1. The second-order valence-corrected chi connectivity index (χ2v) is 12.6. The fourth-order valence-electron chi connectivity index (χ4n) is 7.61. The lowest BCUT2D eigenvalue weighted by molar-refractivity contribution is 0.0506. The van der Waals surface area contributed by atoms with E-state index in [1.165, 1.54) is 24.7 Å². The smallest absolute Gasteiger partial charge is 0.256 e. The van der Waals surface area contributed by atoms with Gasteiger partial charge in [-0.05, 0) is 105 Å². The summed E-state index contributed by atoms with van der Waals surface area (Å²) in [5.41, 5.74) is 8.78. The lowest BCUT2D eigenvalue weighted by Crippen LogP contribution is -2.40. The highest BCUT2D eigenvalue weighted by Gasteiger charge is 2.40. The fourth-order valence-corrected chi connectivity index (χ4v) is 7.61. The van der Waals surface area contributed by atoms with E-state index in [0.717, 1.165) is 87.5 Å². The van der Waals surface area contributed by atoms with Gasteiger partial charge in [-0.2, -0.15) is 0 Å². The van der Waals surface area contributed by atoms with Crippen LogP contribution in [0, 0.1) is 13.8 Å². The molecule has 1 amide bonds. The molecule has 2 N–H and O–H groups in total. The number of aromatic nitrogens is 1. The molecule has 0 saturated carbocycles. The van der Waals surface area contributed by atoms with Crippen LogP contribution < -0.4 is 20.5 Å². The molecule has 234 valence electrons. The Kier molecular flexibility index (Phi) is 8.83. The van der Waals surface area contributed by atoms with Crippen LogP contribution >= 0.6 is 0 Å². The molecule has 2 aromatic carbocycles. The summed E-state index contributed by atoms with van der Waals surface area (Å²) in [5, 5.41) is 3.02. The second kappa shape index (κ2) is 12.8. The number of amides is 1. The average molecular weight is 600 g/mol. The summed E-state index contributed by atoms with van der Waals surface area (Å²) in [7, 11) is 1.54. The molecule has 44 heavy (non-hydrogen) atoms. The van der Waals surface area contributed by atoms with Crippen molar-refractivity contribution in [2.45, 2.75) is 77.3 Å². The van der Waals surface area contributed by atoms with Crippen molar-refractivity contribution in [2.75, 3.05) is 45.0 Å². The Hall–Kier alpha value is -3.62. The number of carbonyl (C=O) groups excluding carboxylic acids is 1. The Morgan fingerprint density at radius 3 is 2.50 bits per heavy atom. The molecule has 1 spiro atoms. The molecule has 2 aliphatic heterocycles. The summed E-state index contributed by atoms with van der Waals surface area (Å²) in [4.78, 5) is 31.9. The van der Waals surface area contributed by atoms with E-state index in [9.17, 15) is 9.59 Å². The van der Waals surface area contributed by atoms with Crippen LogP contribution in [0.15, 0.2) is 41.2 Å². The zero-order valence-electron chi connectivity index (χ0n) is 26.5. The monoisotopic (exact) mass is 599 g/mol. The zero-order valence-corrected chi connectivity index (χ0v) is 26.5. The van der Waals surface area contributed by atoms with Crippen molar-refractivity contribution in [3.05, 3.63) is 80.3 Å². The van der Waals surface area contributed by atoms with E-state index < -0.39 is 0 Å². The first-order chi connectivity index (χ1) is 21.3. The van der Waals surface area contributed by atoms with Gasteiger partial charge in [0, 0.05) is 61.4 Å². The van der Waals surface area contributed by atoms with Crippen molar-refractivity contribution >= 4 is 11.6 Å². The van der Waals surface area contributed by atoms with Crippen molar-refractivity contribution in [1.82, 2.24) is 10.3 Å². The molecule has 2 fully saturated rings. The molecule has 1 aromatic heterocycles. The maximum absolute atomic E-state index is 13.9. The molecular weight excluding hydrogens is 554 g/mol. The predicted octanol–water partition coefficient (Wildman–Crippen LogP) is 5.60. The minimum absolute atomic E-state index is 0.0682. The number of ether oxygens (including phenoxy) is 3. The van der Waals surface area contributed by atoms with Crippen molar-refractivity contribution in [1.29, 1.82) is 0 Å². The van der Waals surface area contributed by atoms with Gasteiger partial charge in [0.2, 0.25) is 0 Å². The standard InChI is InChI=1S/C36H45N3O5/c1-5-39(28-9-14-43-15-10-28)32-21-27(25-6-7-31-26(19-25)8-11-36(31)12-16-44-17-13-36)20-29(24(32)3)34(40)37-22-30-33(42-4)18-23(2)38-35(30)41/h6-7,18-21,28H,5,8-17,22H2,1-4H3,(H,37,40)(H,38,41). The maximum atomic E-state index is 13.9. The number of H-pyrrole nitrogens is 1. The van der Waals surface area contributed by atoms with Crippen LogP contribution in [0.5, 0.6) is 5.75 Å². The third kappa shape index (κ3) is 5.77. The predicted molar refractivity (Wildman–Crippen MR) is 173 cm³/mol. The highest BCUT2D eigenvalue weighted by molar-refractivity contribution is 5.99. The number of anilines is 1. The Bertz CT molecular complexity index is 1580. The molecule has 8 heteroatoms. The molecule has 2 saturated heterocycles. The first-order valence-electron chi connectivity index (χ1n) is 16.1. The van der Waals surface area contributed by atoms with E-state index in [0.29, 0.717) is 28.6 Å². The van der Waals surface area contributed by atoms with Gasteiger partial charge in [-0.1, -0.05) is 18.2 Å². The lowest BCUT2D eigenvalue weighted by atomic mass is 9.75. The van der Waals surface area contributed by atoms with Crippen molar-refractivity contribution < 1.29 is 19.0 Å².